The predicted molar refractivity (Wildman–Crippen MR) is 88.5 cm³/mol. The average molecular weight is 446 g/mol. The van der Waals surface area contributed by atoms with E-state index >= 15 is 0 Å². The predicted octanol–water partition coefficient (Wildman–Crippen LogP) is 6.07. The number of hydrogen-bond donors (Lipinski definition) is 0. The lowest BCUT2D eigenvalue weighted by Gasteiger charge is -2.27. The molecular formula is C18H14F8O2S. The normalized spacial score (nSPS) is 15.2. The Morgan fingerprint density at radius 1 is 0.690 bits per heavy atom. The highest BCUT2D eigenvalue weighted by molar-refractivity contribution is 7.91. The topological polar surface area (TPSA) is 34.1 Å². The first-order chi connectivity index (χ1) is 13.2. The summed E-state index contributed by atoms with van der Waals surface area (Å²) in [5, 5.41) is -5.01. The third-order valence-corrected chi connectivity index (χ3v) is 6.53. The number of benzene rings is 2. The monoisotopic (exact) mass is 446 g/mol. The molecule has 2 atom stereocenters. The molecule has 2 unspecified atom stereocenters. The van der Waals surface area contributed by atoms with Crippen molar-refractivity contribution in [2.75, 3.05) is 0 Å². The summed E-state index contributed by atoms with van der Waals surface area (Å²) in [6.45, 7) is 0. The van der Waals surface area contributed by atoms with Crippen LogP contribution < -0.4 is 0 Å². The molecule has 2 aromatic rings. The van der Waals surface area contributed by atoms with Gasteiger partial charge >= 0.3 is 12.4 Å². The SMILES string of the molecule is O=S(=O)(C(CC(F)(F)F)c1cccc(F)c1)C(CC(F)(F)F)c1cccc(F)c1. The van der Waals surface area contributed by atoms with Crippen LogP contribution in [0.4, 0.5) is 35.1 Å². The van der Waals surface area contributed by atoms with Gasteiger partial charge in [0.2, 0.25) is 0 Å². The van der Waals surface area contributed by atoms with Crippen molar-refractivity contribution in [2.45, 2.75) is 35.7 Å². The zero-order chi connectivity index (χ0) is 22.0. The standard InChI is InChI=1S/C18H14F8O2S/c19-13-5-1-3-11(7-13)15(9-17(21,22)23)29(27,28)16(10-18(24,25)26)12-4-2-6-14(20)8-12/h1-8,15-16H,9-10H2. The second-order valence-corrected chi connectivity index (χ2v) is 8.63. The van der Waals surface area contributed by atoms with Gasteiger partial charge in [-0.2, -0.15) is 26.3 Å². The molecule has 0 saturated carbocycles. The minimum atomic E-state index is -5.24. The van der Waals surface area contributed by atoms with Crippen LogP contribution in [0.25, 0.3) is 0 Å². The molecule has 0 amide bonds. The van der Waals surface area contributed by atoms with Crippen molar-refractivity contribution in [3.05, 3.63) is 71.3 Å². The Hall–Kier alpha value is -2.17. The van der Waals surface area contributed by atoms with Crippen molar-refractivity contribution >= 4 is 9.84 Å². The second-order valence-electron chi connectivity index (χ2n) is 6.31. The summed E-state index contributed by atoms with van der Waals surface area (Å²) in [4.78, 5) is 0. The Kier molecular flexibility index (Phi) is 6.61. The van der Waals surface area contributed by atoms with Gasteiger partial charge in [-0.25, -0.2) is 17.2 Å². The average Bonchev–Trinajstić information content (AvgIpc) is 2.56. The number of rotatable bonds is 6. The summed E-state index contributed by atoms with van der Waals surface area (Å²) in [6.07, 6.45) is -14.2. The largest absolute Gasteiger partial charge is 0.390 e. The minimum Gasteiger partial charge on any atom is -0.228 e. The lowest BCUT2D eigenvalue weighted by Crippen LogP contribution is -2.29. The van der Waals surface area contributed by atoms with E-state index in [9.17, 15) is 43.5 Å². The van der Waals surface area contributed by atoms with Gasteiger partial charge in [0.15, 0.2) is 9.84 Å². The highest BCUT2D eigenvalue weighted by atomic mass is 32.2. The van der Waals surface area contributed by atoms with Gasteiger partial charge in [-0.3, -0.25) is 0 Å². The molecular weight excluding hydrogens is 432 g/mol. The van der Waals surface area contributed by atoms with Gasteiger partial charge in [0.25, 0.3) is 0 Å². The highest BCUT2D eigenvalue weighted by Crippen LogP contribution is 2.45. The Morgan fingerprint density at radius 2 is 1.03 bits per heavy atom. The van der Waals surface area contributed by atoms with Crippen LogP contribution in [0.3, 0.4) is 0 Å². The molecule has 11 heteroatoms. The van der Waals surface area contributed by atoms with Crippen LogP contribution in [-0.2, 0) is 9.84 Å². The summed E-state index contributed by atoms with van der Waals surface area (Å²) < 4.78 is 131. The number of hydrogen-bond acceptors (Lipinski definition) is 2. The fourth-order valence-corrected chi connectivity index (χ4v) is 5.17. The zero-order valence-corrected chi connectivity index (χ0v) is 15.3. The van der Waals surface area contributed by atoms with Gasteiger partial charge in [-0.1, -0.05) is 24.3 Å². The molecule has 0 aliphatic heterocycles. The van der Waals surface area contributed by atoms with E-state index < -0.39 is 68.3 Å². The summed E-state index contributed by atoms with van der Waals surface area (Å²) in [5.74, 6) is -2.11. The van der Waals surface area contributed by atoms with E-state index in [-0.39, 0.29) is 0 Å². The van der Waals surface area contributed by atoms with E-state index in [1.54, 1.807) is 0 Å². The first-order valence-electron chi connectivity index (χ1n) is 8.06. The van der Waals surface area contributed by atoms with Crippen LogP contribution in [0.1, 0.15) is 34.5 Å². The van der Waals surface area contributed by atoms with Crippen molar-refractivity contribution in [2.24, 2.45) is 0 Å². The van der Waals surface area contributed by atoms with Crippen LogP contribution in [-0.4, -0.2) is 20.8 Å². The van der Waals surface area contributed by atoms with E-state index in [0.717, 1.165) is 36.4 Å². The first-order valence-corrected chi connectivity index (χ1v) is 9.67. The quantitative estimate of drug-likeness (QED) is 0.505. The number of sulfone groups is 1. The molecule has 0 heterocycles. The molecule has 29 heavy (non-hydrogen) atoms. The smallest absolute Gasteiger partial charge is 0.228 e. The molecule has 0 saturated heterocycles. The van der Waals surface area contributed by atoms with Crippen LogP contribution in [0.15, 0.2) is 48.5 Å². The van der Waals surface area contributed by atoms with Crippen molar-refractivity contribution in [1.29, 1.82) is 0 Å². The molecule has 2 nitrogen and oxygen atoms in total. The van der Waals surface area contributed by atoms with E-state index in [1.807, 2.05) is 0 Å². The lowest BCUT2D eigenvalue weighted by molar-refractivity contribution is -0.136. The molecule has 160 valence electrons. The molecule has 0 bridgehead atoms. The van der Waals surface area contributed by atoms with E-state index in [0.29, 0.717) is 12.1 Å². The van der Waals surface area contributed by atoms with Crippen LogP contribution >= 0.6 is 0 Å². The van der Waals surface area contributed by atoms with Crippen molar-refractivity contribution in [1.82, 2.24) is 0 Å². The minimum absolute atomic E-state index is 0.518. The van der Waals surface area contributed by atoms with E-state index in [1.165, 1.54) is 0 Å². The Labute approximate surface area is 161 Å². The maximum absolute atomic E-state index is 13.5. The molecule has 0 spiro atoms. The summed E-state index contributed by atoms with van der Waals surface area (Å²) in [5.41, 5.74) is -1.29. The van der Waals surface area contributed by atoms with E-state index in [4.69, 9.17) is 0 Å². The third kappa shape index (κ3) is 6.41. The van der Waals surface area contributed by atoms with Gasteiger partial charge in [0, 0.05) is 0 Å². The Bertz CT molecular complexity index is 879. The summed E-state index contributed by atoms with van der Waals surface area (Å²) >= 11 is 0. The van der Waals surface area contributed by atoms with Crippen LogP contribution in [0.2, 0.25) is 0 Å². The van der Waals surface area contributed by atoms with Crippen molar-refractivity contribution in [3.8, 4) is 0 Å². The first kappa shape index (κ1) is 23.1. The number of halogens is 8. The third-order valence-electron chi connectivity index (χ3n) is 4.07. The van der Waals surface area contributed by atoms with Crippen molar-refractivity contribution in [3.63, 3.8) is 0 Å². The number of alkyl halides is 6. The molecule has 0 aliphatic carbocycles. The molecule has 0 N–H and O–H groups in total. The lowest BCUT2D eigenvalue weighted by atomic mass is 10.1. The van der Waals surface area contributed by atoms with Crippen molar-refractivity contribution < 1.29 is 43.5 Å². The molecule has 0 aromatic heterocycles. The Morgan fingerprint density at radius 3 is 1.31 bits per heavy atom. The van der Waals surface area contributed by atoms with Crippen LogP contribution in [0.5, 0.6) is 0 Å². The van der Waals surface area contributed by atoms with Gasteiger partial charge < -0.3 is 0 Å². The summed E-state index contributed by atoms with van der Waals surface area (Å²) in [7, 11) is -5.24. The van der Waals surface area contributed by atoms with Gasteiger partial charge in [-0.15, -0.1) is 0 Å². The zero-order valence-electron chi connectivity index (χ0n) is 14.4. The van der Waals surface area contributed by atoms with Gasteiger partial charge in [0.1, 0.15) is 11.6 Å². The molecule has 0 fully saturated rings. The second kappa shape index (κ2) is 8.29. The van der Waals surface area contributed by atoms with Gasteiger partial charge in [0.05, 0.1) is 23.3 Å². The molecule has 0 radical (unpaired) electrons. The maximum Gasteiger partial charge on any atom is 0.390 e. The highest BCUT2D eigenvalue weighted by Gasteiger charge is 2.47. The molecule has 0 aliphatic rings. The molecule has 2 aromatic carbocycles. The van der Waals surface area contributed by atoms with E-state index in [2.05, 4.69) is 0 Å². The molecule has 2 rings (SSSR count). The summed E-state index contributed by atoms with van der Waals surface area (Å²) in [6, 6.07) is 6.39. The van der Waals surface area contributed by atoms with Crippen LogP contribution in [0, 0.1) is 11.6 Å². The fraction of sp³-hybridized carbons (Fsp3) is 0.333. The Balaban J connectivity index is 2.65. The fourth-order valence-electron chi connectivity index (χ4n) is 2.88. The van der Waals surface area contributed by atoms with Gasteiger partial charge in [-0.05, 0) is 35.4 Å². The maximum atomic E-state index is 13.5.